The van der Waals surface area contributed by atoms with E-state index in [9.17, 15) is 4.79 Å². The number of ether oxygens (including phenoxy) is 1. The van der Waals surface area contributed by atoms with Crippen molar-refractivity contribution in [2.45, 2.75) is 45.3 Å². The van der Waals surface area contributed by atoms with Crippen molar-refractivity contribution >= 4 is 5.91 Å². The lowest BCUT2D eigenvalue weighted by atomic mass is 9.88. The lowest BCUT2D eigenvalue weighted by Crippen LogP contribution is -2.36. The number of amides is 1. The Labute approximate surface area is 114 Å². The van der Waals surface area contributed by atoms with Crippen LogP contribution in [0.1, 0.15) is 43.9 Å². The highest BCUT2D eigenvalue weighted by molar-refractivity contribution is 5.80. The molecule has 19 heavy (non-hydrogen) atoms. The summed E-state index contributed by atoms with van der Waals surface area (Å²) in [6.45, 7) is 4.26. The van der Waals surface area contributed by atoms with Crippen molar-refractivity contribution in [3.63, 3.8) is 0 Å². The van der Waals surface area contributed by atoms with E-state index in [0.29, 0.717) is 6.54 Å². The van der Waals surface area contributed by atoms with E-state index < -0.39 is 6.10 Å². The number of carbonyl (C=O) groups excluding carboxylic acids is 1. The number of hydrogen-bond acceptors (Lipinski definition) is 3. The van der Waals surface area contributed by atoms with Gasteiger partial charge in [0.05, 0.1) is 0 Å². The first-order chi connectivity index (χ1) is 9.11. The van der Waals surface area contributed by atoms with Crippen LogP contribution >= 0.6 is 0 Å². The van der Waals surface area contributed by atoms with Crippen molar-refractivity contribution in [2.24, 2.45) is 5.73 Å². The topological polar surface area (TPSA) is 64.3 Å². The van der Waals surface area contributed by atoms with Crippen molar-refractivity contribution < 1.29 is 9.53 Å². The summed E-state index contributed by atoms with van der Waals surface area (Å²) in [4.78, 5) is 11.6. The monoisotopic (exact) mass is 262 g/mol. The molecule has 1 amide bonds. The molecule has 0 bridgehead atoms. The Morgan fingerprint density at radius 3 is 3.11 bits per heavy atom. The summed E-state index contributed by atoms with van der Waals surface area (Å²) in [5, 5.41) is 2.75. The molecular formula is C15H22N2O2. The molecule has 1 aromatic carbocycles. The number of hydrogen-bond donors (Lipinski definition) is 2. The Hall–Kier alpha value is -1.55. The largest absolute Gasteiger partial charge is 0.481 e. The molecule has 0 aromatic heterocycles. The zero-order chi connectivity index (χ0) is 13.8. The summed E-state index contributed by atoms with van der Waals surface area (Å²) in [6, 6.07) is 6.06. The van der Waals surface area contributed by atoms with Crippen molar-refractivity contribution in [1.82, 2.24) is 5.32 Å². The van der Waals surface area contributed by atoms with Crippen LogP contribution in [0.25, 0.3) is 0 Å². The average Bonchev–Trinajstić information content (AvgIpc) is 2.40. The third-order valence-corrected chi connectivity index (χ3v) is 3.51. The number of rotatable bonds is 4. The number of carbonyl (C=O) groups is 1. The molecule has 3 N–H and O–H groups in total. The van der Waals surface area contributed by atoms with Crippen LogP contribution in [0.5, 0.6) is 5.75 Å². The molecule has 0 heterocycles. The molecular weight excluding hydrogens is 240 g/mol. The smallest absolute Gasteiger partial charge is 0.260 e. The normalized spacial score (nSPS) is 19.4. The maximum atomic E-state index is 11.6. The second-order valence-electron chi connectivity index (χ2n) is 5.01. The van der Waals surface area contributed by atoms with Gasteiger partial charge in [0, 0.05) is 12.6 Å². The Kier molecular flexibility index (Phi) is 4.43. The minimum atomic E-state index is -0.488. The SMILES string of the molecule is CCNC(=O)C(C)Oc1ccc2c(c1)[C@@H](N)CCC2. The fraction of sp³-hybridized carbons (Fsp3) is 0.533. The summed E-state index contributed by atoms with van der Waals surface area (Å²) in [6.07, 6.45) is 2.75. The van der Waals surface area contributed by atoms with Gasteiger partial charge in [-0.2, -0.15) is 0 Å². The molecule has 2 rings (SSSR count). The molecule has 1 aliphatic carbocycles. The summed E-state index contributed by atoms with van der Waals surface area (Å²) >= 11 is 0. The highest BCUT2D eigenvalue weighted by Gasteiger charge is 2.19. The minimum Gasteiger partial charge on any atom is -0.481 e. The molecule has 4 heteroatoms. The predicted molar refractivity (Wildman–Crippen MR) is 75.1 cm³/mol. The predicted octanol–water partition coefficient (Wildman–Crippen LogP) is 1.93. The van der Waals surface area contributed by atoms with E-state index in [1.165, 1.54) is 5.56 Å². The van der Waals surface area contributed by atoms with Crippen molar-refractivity contribution in [3.8, 4) is 5.75 Å². The Balaban J connectivity index is 2.09. The van der Waals surface area contributed by atoms with Crippen LogP contribution in [0.3, 0.4) is 0 Å². The second-order valence-corrected chi connectivity index (χ2v) is 5.01. The maximum absolute atomic E-state index is 11.6. The lowest BCUT2D eigenvalue weighted by molar-refractivity contribution is -0.127. The third kappa shape index (κ3) is 3.26. The molecule has 0 radical (unpaired) electrons. The van der Waals surface area contributed by atoms with Crippen LogP contribution in [-0.2, 0) is 11.2 Å². The maximum Gasteiger partial charge on any atom is 0.260 e. The first-order valence-electron chi connectivity index (χ1n) is 6.94. The Morgan fingerprint density at radius 2 is 2.37 bits per heavy atom. The van der Waals surface area contributed by atoms with Crippen LogP contribution in [0.2, 0.25) is 0 Å². The van der Waals surface area contributed by atoms with Gasteiger partial charge in [0.2, 0.25) is 0 Å². The minimum absolute atomic E-state index is 0.0899. The molecule has 0 fully saturated rings. The average molecular weight is 262 g/mol. The van der Waals surface area contributed by atoms with Crippen LogP contribution in [-0.4, -0.2) is 18.6 Å². The summed E-state index contributed by atoms with van der Waals surface area (Å²) in [5.41, 5.74) is 8.58. The summed E-state index contributed by atoms with van der Waals surface area (Å²) in [5.74, 6) is 0.624. The fourth-order valence-corrected chi connectivity index (χ4v) is 2.46. The molecule has 0 spiro atoms. The number of fused-ring (bicyclic) bond motifs is 1. The second kappa shape index (κ2) is 6.06. The van der Waals surface area contributed by atoms with E-state index in [2.05, 4.69) is 11.4 Å². The van der Waals surface area contributed by atoms with E-state index in [-0.39, 0.29) is 11.9 Å². The Bertz CT molecular complexity index is 459. The highest BCUT2D eigenvalue weighted by atomic mass is 16.5. The van der Waals surface area contributed by atoms with Crippen molar-refractivity contribution in [3.05, 3.63) is 29.3 Å². The zero-order valence-electron chi connectivity index (χ0n) is 11.6. The van der Waals surface area contributed by atoms with E-state index in [1.807, 2.05) is 19.1 Å². The third-order valence-electron chi connectivity index (χ3n) is 3.51. The standard InChI is InChI=1S/C15H22N2O2/c1-3-17-15(18)10(2)19-12-8-7-11-5-4-6-14(16)13(11)9-12/h7-10,14H,3-6,16H2,1-2H3,(H,17,18)/t10?,14-/m0/s1. The molecule has 1 aromatic rings. The summed E-state index contributed by atoms with van der Waals surface area (Å²) < 4.78 is 5.68. The molecule has 0 aliphatic heterocycles. The van der Waals surface area contributed by atoms with E-state index in [4.69, 9.17) is 10.5 Å². The van der Waals surface area contributed by atoms with Crippen molar-refractivity contribution in [1.29, 1.82) is 0 Å². The van der Waals surface area contributed by atoms with Crippen LogP contribution < -0.4 is 15.8 Å². The van der Waals surface area contributed by atoms with Gasteiger partial charge in [-0.05, 0) is 56.4 Å². The Morgan fingerprint density at radius 1 is 1.58 bits per heavy atom. The van der Waals surface area contributed by atoms with E-state index >= 15 is 0 Å². The fourth-order valence-electron chi connectivity index (χ4n) is 2.46. The van der Waals surface area contributed by atoms with Gasteiger partial charge < -0.3 is 15.8 Å². The van der Waals surface area contributed by atoms with Crippen LogP contribution in [0.15, 0.2) is 18.2 Å². The van der Waals surface area contributed by atoms with Gasteiger partial charge in [-0.3, -0.25) is 4.79 Å². The van der Waals surface area contributed by atoms with E-state index in [1.54, 1.807) is 6.92 Å². The quantitative estimate of drug-likeness (QED) is 0.871. The number of benzene rings is 1. The first kappa shape index (κ1) is 13.9. The van der Waals surface area contributed by atoms with Gasteiger partial charge in [0.1, 0.15) is 5.75 Å². The molecule has 1 aliphatic rings. The van der Waals surface area contributed by atoms with Gasteiger partial charge in [-0.1, -0.05) is 6.07 Å². The molecule has 4 nitrogen and oxygen atoms in total. The first-order valence-corrected chi connectivity index (χ1v) is 6.94. The van der Waals surface area contributed by atoms with Crippen molar-refractivity contribution in [2.75, 3.05) is 6.54 Å². The van der Waals surface area contributed by atoms with Gasteiger partial charge in [0.25, 0.3) is 5.91 Å². The van der Waals surface area contributed by atoms with Crippen LogP contribution in [0.4, 0.5) is 0 Å². The van der Waals surface area contributed by atoms with Gasteiger partial charge >= 0.3 is 0 Å². The molecule has 2 atom stereocenters. The number of nitrogens with two attached hydrogens (primary N) is 1. The van der Waals surface area contributed by atoms with Gasteiger partial charge in [-0.15, -0.1) is 0 Å². The summed E-state index contributed by atoms with van der Waals surface area (Å²) in [7, 11) is 0. The number of aryl methyl sites for hydroxylation is 1. The number of nitrogens with one attached hydrogen (secondary N) is 1. The zero-order valence-corrected chi connectivity index (χ0v) is 11.6. The molecule has 104 valence electrons. The van der Waals surface area contributed by atoms with Gasteiger partial charge in [0.15, 0.2) is 6.10 Å². The highest BCUT2D eigenvalue weighted by Crippen LogP contribution is 2.31. The molecule has 1 unspecified atom stereocenters. The van der Waals surface area contributed by atoms with Crippen LogP contribution in [0, 0.1) is 0 Å². The van der Waals surface area contributed by atoms with E-state index in [0.717, 1.165) is 30.6 Å². The molecule has 0 saturated carbocycles. The lowest BCUT2D eigenvalue weighted by Gasteiger charge is -2.23. The number of likely N-dealkylation sites (N-methyl/N-ethyl adjacent to an activating group) is 1. The molecule has 0 saturated heterocycles. The van der Waals surface area contributed by atoms with Gasteiger partial charge in [-0.25, -0.2) is 0 Å².